The number of carbonyl (C=O) groups is 2. The van der Waals surface area contributed by atoms with E-state index >= 15 is 0 Å². The van der Waals surface area contributed by atoms with Crippen LogP contribution in [0.25, 0.3) is 0 Å². The summed E-state index contributed by atoms with van der Waals surface area (Å²) in [7, 11) is 0. The number of hydrogen-bond donors (Lipinski definition) is 1. The molecule has 1 heterocycles. The Balaban J connectivity index is 2.01. The second-order valence-electron chi connectivity index (χ2n) is 5.56. The van der Waals surface area contributed by atoms with Crippen molar-refractivity contribution in [1.29, 1.82) is 0 Å². The Bertz CT molecular complexity index is 617. The normalized spacial score (nSPS) is 21.3. The first-order chi connectivity index (χ1) is 10.7. The van der Waals surface area contributed by atoms with Crippen molar-refractivity contribution in [2.45, 2.75) is 19.5 Å². The molecule has 1 aromatic carbocycles. The van der Waals surface area contributed by atoms with E-state index < -0.39 is 43.0 Å². The number of alkyl halides is 3. The minimum atomic E-state index is -4.91. The van der Waals surface area contributed by atoms with Gasteiger partial charge in [-0.2, -0.15) is 13.2 Å². The first-order valence-electron chi connectivity index (χ1n) is 6.93. The third-order valence-corrected chi connectivity index (χ3v) is 3.93. The lowest BCUT2D eigenvalue weighted by Gasteiger charge is -2.27. The molecule has 1 aliphatic heterocycles. The molecule has 23 heavy (non-hydrogen) atoms. The largest absolute Gasteiger partial charge is 0.484 e. The Morgan fingerprint density at radius 1 is 1.39 bits per heavy atom. The van der Waals surface area contributed by atoms with E-state index in [4.69, 9.17) is 9.84 Å². The third kappa shape index (κ3) is 3.40. The van der Waals surface area contributed by atoms with Gasteiger partial charge >= 0.3 is 12.1 Å². The minimum Gasteiger partial charge on any atom is -0.484 e. The maximum absolute atomic E-state index is 13.0. The SMILES string of the molecule is Cc1cccc(OCC(=O)N2CCC(C(=O)O)(C(F)(F)F)C2)c1. The minimum absolute atomic E-state index is 0.262. The van der Waals surface area contributed by atoms with E-state index in [0.29, 0.717) is 5.75 Å². The first kappa shape index (κ1) is 17.1. The molecular formula is C15H16F3NO4. The predicted molar refractivity (Wildman–Crippen MR) is 74.0 cm³/mol. The maximum Gasteiger partial charge on any atom is 0.406 e. The van der Waals surface area contributed by atoms with E-state index in [1.165, 1.54) is 0 Å². The van der Waals surface area contributed by atoms with Crippen LogP contribution in [0.2, 0.25) is 0 Å². The number of carboxylic acids is 1. The summed E-state index contributed by atoms with van der Waals surface area (Å²) in [6.07, 6.45) is -5.56. The number of aliphatic carboxylic acids is 1. The van der Waals surface area contributed by atoms with Crippen LogP contribution in [-0.4, -0.2) is 47.8 Å². The van der Waals surface area contributed by atoms with Crippen LogP contribution in [0, 0.1) is 12.3 Å². The second kappa shape index (κ2) is 6.10. The summed E-state index contributed by atoms with van der Waals surface area (Å²) in [6.45, 7) is 0.250. The summed E-state index contributed by atoms with van der Waals surface area (Å²) < 4.78 is 44.4. The van der Waals surface area contributed by atoms with Crippen molar-refractivity contribution in [3.8, 4) is 5.75 Å². The summed E-state index contributed by atoms with van der Waals surface area (Å²) in [5, 5.41) is 8.95. The molecule has 126 valence electrons. The van der Waals surface area contributed by atoms with Gasteiger partial charge in [0.1, 0.15) is 5.75 Å². The van der Waals surface area contributed by atoms with Gasteiger partial charge < -0.3 is 14.7 Å². The molecule has 0 aliphatic carbocycles. The van der Waals surface area contributed by atoms with Gasteiger partial charge in [-0.25, -0.2) is 0 Å². The highest BCUT2D eigenvalue weighted by molar-refractivity contribution is 5.82. The Morgan fingerprint density at radius 3 is 2.61 bits per heavy atom. The van der Waals surface area contributed by atoms with Crippen molar-refractivity contribution in [2.75, 3.05) is 19.7 Å². The fourth-order valence-corrected chi connectivity index (χ4v) is 2.49. The van der Waals surface area contributed by atoms with Gasteiger partial charge in [0.2, 0.25) is 0 Å². The van der Waals surface area contributed by atoms with Gasteiger partial charge in [-0.15, -0.1) is 0 Å². The van der Waals surface area contributed by atoms with Gasteiger partial charge in [-0.05, 0) is 31.0 Å². The molecule has 1 saturated heterocycles. The number of amides is 1. The lowest BCUT2D eigenvalue weighted by Crippen LogP contribution is -2.48. The monoisotopic (exact) mass is 331 g/mol. The maximum atomic E-state index is 13.0. The lowest BCUT2D eigenvalue weighted by atomic mass is 9.86. The fraction of sp³-hybridized carbons (Fsp3) is 0.467. The average molecular weight is 331 g/mol. The number of ether oxygens (including phenoxy) is 1. The fourth-order valence-electron chi connectivity index (χ4n) is 2.49. The van der Waals surface area contributed by atoms with E-state index in [0.717, 1.165) is 10.5 Å². The molecule has 1 N–H and O–H groups in total. The summed E-state index contributed by atoms with van der Waals surface area (Å²) in [5.74, 6) is -2.20. The molecule has 1 aliphatic rings. The number of carboxylic acid groups (broad SMARTS) is 1. The topological polar surface area (TPSA) is 66.8 Å². The molecule has 2 rings (SSSR count). The summed E-state index contributed by atoms with van der Waals surface area (Å²) in [4.78, 5) is 23.9. The van der Waals surface area contributed by atoms with Crippen LogP contribution in [0.5, 0.6) is 5.75 Å². The Hall–Kier alpha value is -2.25. The van der Waals surface area contributed by atoms with E-state index in [9.17, 15) is 22.8 Å². The van der Waals surface area contributed by atoms with Gasteiger partial charge in [-0.1, -0.05) is 12.1 Å². The zero-order valence-corrected chi connectivity index (χ0v) is 12.4. The predicted octanol–water partition coefficient (Wildman–Crippen LogP) is 2.24. The number of benzene rings is 1. The molecule has 0 saturated carbocycles. The molecule has 0 aromatic heterocycles. The molecule has 1 aromatic rings. The molecule has 0 spiro atoms. The Morgan fingerprint density at radius 2 is 2.09 bits per heavy atom. The van der Waals surface area contributed by atoms with Gasteiger partial charge in [-0.3, -0.25) is 9.59 Å². The highest BCUT2D eigenvalue weighted by atomic mass is 19.4. The van der Waals surface area contributed by atoms with Crippen molar-refractivity contribution in [3.05, 3.63) is 29.8 Å². The van der Waals surface area contributed by atoms with Crippen LogP contribution in [0.1, 0.15) is 12.0 Å². The van der Waals surface area contributed by atoms with Crippen molar-refractivity contribution < 1.29 is 32.6 Å². The summed E-state index contributed by atoms with van der Waals surface area (Å²) >= 11 is 0. The van der Waals surface area contributed by atoms with E-state index in [-0.39, 0.29) is 6.54 Å². The lowest BCUT2D eigenvalue weighted by molar-refractivity contribution is -0.227. The zero-order chi connectivity index (χ0) is 17.3. The van der Waals surface area contributed by atoms with Gasteiger partial charge in [0.15, 0.2) is 12.0 Å². The molecule has 8 heteroatoms. The number of carbonyl (C=O) groups excluding carboxylic acids is 1. The highest BCUT2D eigenvalue weighted by Gasteiger charge is 2.64. The quantitative estimate of drug-likeness (QED) is 0.919. The Kier molecular flexibility index (Phi) is 4.53. The molecule has 0 bridgehead atoms. The van der Waals surface area contributed by atoms with Gasteiger partial charge in [0.05, 0.1) is 0 Å². The molecular weight excluding hydrogens is 315 g/mol. The highest BCUT2D eigenvalue weighted by Crippen LogP contribution is 2.45. The van der Waals surface area contributed by atoms with Crippen LogP contribution >= 0.6 is 0 Å². The standard InChI is InChI=1S/C15H16F3NO4/c1-10-3-2-4-11(7-10)23-8-12(20)19-6-5-14(9-19,13(21)22)15(16,17)18/h2-4,7H,5-6,8-9H2,1H3,(H,21,22). The van der Waals surface area contributed by atoms with Crippen molar-refractivity contribution >= 4 is 11.9 Å². The number of rotatable bonds is 4. The summed E-state index contributed by atoms with van der Waals surface area (Å²) in [5.41, 5.74) is -1.98. The van der Waals surface area contributed by atoms with Crippen LogP contribution in [0.4, 0.5) is 13.2 Å². The van der Waals surface area contributed by atoms with Crippen molar-refractivity contribution in [3.63, 3.8) is 0 Å². The van der Waals surface area contributed by atoms with E-state index in [1.54, 1.807) is 18.2 Å². The molecule has 5 nitrogen and oxygen atoms in total. The number of hydrogen-bond acceptors (Lipinski definition) is 3. The second-order valence-corrected chi connectivity index (χ2v) is 5.56. The number of nitrogens with zero attached hydrogens (tertiary/aromatic N) is 1. The van der Waals surface area contributed by atoms with Crippen molar-refractivity contribution in [1.82, 2.24) is 4.90 Å². The molecule has 1 amide bonds. The summed E-state index contributed by atoms with van der Waals surface area (Å²) in [6, 6.07) is 6.87. The Labute approximate surface area is 130 Å². The molecule has 0 radical (unpaired) electrons. The molecule has 1 unspecified atom stereocenters. The number of aryl methyl sites for hydroxylation is 1. The van der Waals surface area contributed by atoms with Crippen molar-refractivity contribution in [2.24, 2.45) is 5.41 Å². The van der Waals surface area contributed by atoms with E-state index in [1.807, 2.05) is 13.0 Å². The average Bonchev–Trinajstić information content (AvgIpc) is 2.91. The smallest absolute Gasteiger partial charge is 0.406 e. The van der Waals surface area contributed by atoms with Crippen LogP contribution in [0.15, 0.2) is 24.3 Å². The van der Waals surface area contributed by atoms with E-state index in [2.05, 4.69) is 0 Å². The number of halogens is 3. The molecule has 1 atom stereocenters. The first-order valence-corrected chi connectivity index (χ1v) is 6.93. The van der Waals surface area contributed by atoms with Crippen LogP contribution < -0.4 is 4.74 Å². The third-order valence-electron chi connectivity index (χ3n) is 3.93. The zero-order valence-electron chi connectivity index (χ0n) is 12.4. The van der Waals surface area contributed by atoms with Gasteiger partial charge in [0.25, 0.3) is 5.91 Å². The van der Waals surface area contributed by atoms with Crippen LogP contribution in [-0.2, 0) is 9.59 Å². The van der Waals surface area contributed by atoms with Gasteiger partial charge in [0, 0.05) is 13.1 Å². The van der Waals surface area contributed by atoms with Crippen LogP contribution in [0.3, 0.4) is 0 Å². The molecule has 1 fully saturated rings. The number of likely N-dealkylation sites (tertiary alicyclic amines) is 1.